The fourth-order valence-electron chi connectivity index (χ4n) is 1.04. The van der Waals surface area contributed by atoms with Crippen LogP contribution >= 0.6 is 11.8 Å². The Morgan fingerprint density at radius 1 is 1.25 bits per heavy atom. The Hall–Kier alpha value is -0.630. The van der Waals surface area contributed by atoms with Crippen LogP contribution in [0.3, 0.4) is 0 Å². The number of hydrogen-bond acceptors (Lipinski definition) is 2. The van der Waals surface area contributed by atoms with Gasteiger partial charge in [0.15, 0.2) is 0 Å². The third kappa shape index (κ3) is 2.78. The molecule has 1 rings (SSSR count). The Labute approximate surface area is 78.8 Å². The molecular weight excluding hydrogens is 166 g/mol. The zero-order valence-corrected chi connectivity index (χ0v) is 8.47. The lowest BCUT2D eigenvalue weighted by atomic mass is 10.3. The molecule has 1 nitrogen and oxygen atoms in total. The van der Waals surface area contributed by atoms with E-state index in [4.69, 9.17) is 0 Å². The van der Waals surface area contributed by atoms with Gasteiger partial charge in [0, 0.05) is 25.0 Å². The van der Waals surface area contributed by atoms with Crippen molar-refractivity contribution in [2.45, 2.75) is 0 Å². The smallest absolute Gasteiger partial charge is 0.0363 e. The summed E-state index contributed by atoms with van der Waals surface area (Å²) in [6.07, 6.45) is 2.14. The molecule has 0 bridgehead atoms. The van der Waals surface area contributed by atoms with Crippen molar-refractivity contribution in [1.82, 2.24) is 0 Å². The standard InChI is InChI=1S/C10H15NS/c1-11(8-9-12-2)10-6-4-3-5-7-10/h3-7H,8-9H2,1-2H3. The molecule has 0 spiro atoms. The maximum Gasteiger partial charge on any atom is 0.0363 e. The number of thioether (sulfide) groups is 1. The monoisotopic (exact) mass is 181 g/mol. The fourth-order valence-corrected chi connectivity index (χ4v) is 1.50. The van der Waals surface area contributed by atoms with Crippen LogP contribution < -0.4 is 4.90 Å². The van der Waals surface area contributed by atoms with E-state index in [1.807, 2.05) is 17.8 Å². The zero-order valence-electron chi connectivity index (χ0n) is 7.66. The minimum Gasteiger partial charge on any atom is -0.374 e. The Kier molecular flexibility index (Phi) is 4.01. The van der Waals surface area contributed by atoms with Crippen molar-refractivity contribution in [3.05, 3.63) is 30.3 Å². The summed E-state index contributed by atoms with van der Waals surface area (Å²) in [6, 6.07) is 10.5. The molecule has 0 saturated carbocycles. The highest BCUT2D eigenvalue weighted by Gasteiger charge is 1.96. The summed E-state index contributed by atoms with van der Waals surface area (Å²) in [4.78, 5) is 2.27. The van der Waals surface area contributed by atoms with Gasteiger partial charge in [-0.1, -0.05) is 18.2 Å². The first-order valence-electron chi connectivity index (χ1n) is 4.09. The molecule has 0 aliphatic carbocycles. The average molecular weight is 181 g/mol. The van der Waals surface area contributed by atoms with Gasteiger partial charge in [0.05, 0.1) is 0 Å². The van der Waals surface area contributed by atoms with Crippen LogP contribution in [0.15, 0.2) is 30.3 Å². The van der Waals surface area contributed by atoms with Gasteiger partial charge in [-0.2, -0.15) is 11.8 Å². The molecule has 0 radical (unpaired) electrons. The summed E-state index contributed by atoms with van der Waals surface area (Å²) in [7, 11) is 2.13. The van der Waals surface area contributed by atoms with E-state index in [-0.39, 0.29) is 0 Å². The van der Waals surface area contributed by atoms with Gasteiger partial charge in [0.2, 0.25) is 0 Å². The van der Waals surface area contributed by atoms with Gasteiger partial charge in [-0.05, 0) is 18.4 Å². The first kappa shape index (κ1) is 9.46. The Bertz CT molecular complexity index is 210. The Morgan fingerprint density at radius 3 is 2.50 bits per heavy atom. The fraction of sp³-hybridized carbons (Fsp3) is 0.400. The van der Waals surface area contributed by atoms with Crippen LogP contribution in [-0.4, -0.2) is 25.6 Å². The second kappa shape index (κ2) is 5.09. The van der Waals surface area contributed by atoms with E-state index in [0.29, 0.717) is 0 Å². The lowest BCUT2D eigenvalue weighted by Crippen LogP contribution is -2.19. The summed E-state index contributed by atoms with van der Waals surface area (Å²) >= 11 is 1.88. The van der Waals surface area contributed by atoms with Crippen molar-refractivity contribution in [3.63, 3.8) is 0 Å². The van der Waals surface area contributed by atoms with Crippen LogP contribution in [0.5, 0.6) is 0 Å². The summed E-state index contributed by atoms with van der Waals surface area (Å²) in [6.45, 7) is 1.12. The largest absolute Gasteiger partial charge is 0.374 e. The van der Waals surface area contributed by atoms with E-state index < -0.39 is 0 Å². The van der Waals surface area contributed by atoms with Crippen LogP contribution in [-0.2, 0) is 0 Å². The molecule has 0 saturated heterocycles. The van der Waals surface area contributed by atoms with Gasteiger partial charge in [-0.15, -0.1) is 0 Å². The lowest BCUT2D eigenvalue weighted by Gasteiger charge is -2.18. The highest BCUT2D eigenvalue weighted by Crippen LogP contribution is 2.10. The lowest BCUT2D eigenvalue weighted by molar-refractivity contribution is 0.978. The van der Waals surface area contributed by atoms with Gasteiger partial charge in [0.25, 0.3) is 0 Å². The van der Waals surface area contributed by atoms with Crippen LogP contribution in [0, 0.1) is 0 Å². The summed E-state index contributed by atoms with van der Waals surface area (Å²) < 4.78 is 0. The van der Waals surface area contributed by atoms with Gasteiger partial charge >= 0.3 is 0 Å². The molecule has 0 N–H and O–H groups in total. The topological polar surface area (TPSA) is 3.24 Å². The molecule has 66 valence electrons. The Morgan fingerprint density at radius 2 is 1.92 bits per heavy atom. The van der Waals surface area contributed by atoms with E-state index in [2.05, 4.69) is 42.5 Å². The molecule has 0 aromatic heterocycles. The van der Waals surface area contributed by atoms with Crippen molar-refractivity contribution in [1.29, 1.82) is 0 Å². The van der Waals surface area contributed by atoms with Gasteiger partial charge in [-0.25, -0.2) is 0 Å². The quantitative estimate of drug-likeness (QED) is 0.702. The SMILES string of the molecule is CSCCN(C)c1ccccc1. The van der Waals surface area contributed by atoms with Crippen molar-refractivity contribution in [2.24, 2.45) is 0 Å². The number of hydrogen-bond donors (Lipinski definition) is 0. The predicted molar refractivity (Wildman–Crippen MR) is 58.1 cm³/mol. The molecular formula is C10H15NS. The predicted octanol–water partition coefficient (Wildman–Crippen LogP) is 2.49. The van der Waals surface area contributed by atoms with Crippen LogP contribution in [0.2, 0.25) is 0 Å². The molecule has 1 aromatic carbocycles. The second-order valence-electron chi connectivity index (χ2n) is 2.75. The average Bonchev–Trinajstić information content (AvgIpc) is 2.15. The van der Waals surface area contributed by atoms with Crippen molar-refractivity contribution in [3.8, 4) is 0 Å². The number of benzene rings is 1. The molecule has 12 heavy (non-hydrogen) atoms. The third-order valence-electron chi connectivity index (χ3n) is 1.83. The van der Waals surface area contributed by atoms with Gasteiger partial charge in [0.1, 0.15) is 0 Å². The first-order chi connectivity index (χ1) is 5.84. The summed E-state index contributed by atoms with van der Waals surface area (Å²) in [5.74, 6) is 1.19. The minimum absolute atomic E-state index is 1.12. The van der Waals surface area contributed by atoms with Crippen molar-refractivity contribution < 1.29 is 0 Å². The third-order valence-corrected chi connectivity index (χ3v) is 2.42. The minimum atomic E-state index is 1.12. The maximum absolute atomic E-state index is 2.27. The molecule has 0 fully saturated rings. The molecule has 0 aliphatic rings. The highest BCUT2D eigenvalue weighted by molar-refractivity contribution is 7.98. The van der Waals surface area contributed by atoms with Gasteiger partial charge in [-0.3, -0.25) is 0 Å². The normalized spacial score (nSPS) is 9.83. The molecule has 0 amide bonds. The van der Waals surface area contributed by atoms with Crippen molar-refractivity contribution >= 4 is 17.4 Å². The zero-order chi connectivity index (χ0) is 8.81. The second-order valence-corrected chi connectivity index (χ2v) is 3.74. The molecule has 2 heteroatoms. The number of para-hydroxylation sites is 1. The van der Waals surface area contributed by atoms with E-state index in [1.54, 1.807) is 0 Å². The van der Waals surface area contributed by atoms with Crippen LogP contribution in [0.25, 0.3) is 0 Å². The molecule has 0 heterocycles. The van der Waals surface area contributed by atoms with Crippen molar-refractivity contribution in [2.75, 3.05) is 30.5 Å². The maximum atomic E-state index is 2.27. The molecule has 0 atom stereocenters. The molecule has 0 unspecified atom stereocenters. The summed E-state index contributed by atoms with van der Waals surface area (Å²) in [5, 5.41) is 0. The van der Waals surface area contributed by atoms with Gasteiger partial charge < -0.3 is 4.90 Å². The molecule has 1 aromatic rings. The molecule has 0 aliphatic heterocycles. The van der Waals surface area contributed by atoms with E-state index in [0.717, 1.165) is 6.54 Å². The number of rotatable bonds is 4. The van der Waals surface area contributed by atoms with E-state index in [9.17, 15) is 0 Å². The first-order valence-corrected chi connectivity index (χ1v) is 5.49. The number of nitrogens with zero attached hydrogens (tertiary/aromatic N) is 1. The van der Waals surface area contributed by atoms with Crippen LogP contribution in [0.1, 0.15) is 0 Å². The summed E-state index contributed by atoms with van der Waals surface area (Å²) in [5.41, 5.74) is 1.30. The van der Waals surface area contributed by atoms with E-state index in [1.165, 1.54) is 11.4 Å². The number of anilines is 1. The van der Waals surface area contributed by atoms with Crippen LogP contribution in [0.4, 0.5) is 5.69 Å². The van der Waals surface area contributed by atoms with E-state index >= 15 is 0 Å². The Balaban J connectivity index is 2.48. The highest BCUT2D eigenvalue weighted by atomic mass is 32.2.